The number of benzene rings is 1. The Morgan fingerprint density at radius 1 is 1.24 bits per heavy atom. The fraction of sp³-hybridized carbons (Fsp3) is 0.278. The average molecular weight is 375 g/mol. The van der Waals surface area contributed by atoms with E-state index in [9.17, 15) is 9.18 Å². The molecule has 3 aromatic rings. The van der Waals surface area contributed by atoms with Crippen LogP contribution in [0.15, 0.2) is 46.9 Å². The molecule has 0 saturated heterocycles. The number of ketones is 1. The van der Waals surface area contributed by atoms with Gasteiger partial charge in [0, 0.05) is 24.3 Å². The molecule has 7 heteroatoms. The summed E-state index contributed by atoms with van der Waals surface area (Å²) >= 11 is 3.26. The minimum atomic E-state index is -0.326. The molecule has 3 rings (SSSR count). The molecule has 0 radical (unpaired) electrons. The highest BCUT2D eigenvalue weighted by molar-refractivity contribution is 7.99. The molecular weight excluding hydrogens is 357 g/mol. The van der Waals surface area contributed by atoms with E-state index in [-0.39, 0.29) is 11.6 Å². The lowest BCUT2D eigenvalue weighted by Crippen LogP contribution is -2.01. The second kappa shape index (κ2) is 8.40. The summed E-state index contributed by atoms with van der Waals surface area (Å²) in [6.45, 7) is 2.87. The Bertz CT molecular complexity index is 829. The SMILES string of the molecule is CCn1c(SCCCC(=O)c2ccc(F)cc2)nnc1-c1cccs1. The number of carbonyl (C=O) groups is 1. The van der Waals surface area contributed by atoms with E-state index < -0.39 is 0 Å². The molecule has 0 bridgehead atoms. The summed E-state index contributed by atoms with van der Waals surface area (Å²) < 4.78 is 15.0. The van der Waals surface area contributed by atoms with Gasteiger partial charge in [0.1, 0.15) is 5.82 Å². The monoisotopic (exact) mass is 375 g/mol. The van der Waals surface area contributed by atoms with Gasteiger partial charge in [-0.2, -0.15) is 0 Å². The molecule has 0 spiro atoms. The fourth-order valence-corrected chi connectivity index (χ4v) is 4.10. The number of rotatable bonds is 8. The van der Waals surface area contributed by atoms with Crippen LogP contribution < -0.4 is 0 Å². The van der Waals surface area contributed by atoms with E-state index in [1.165, 1.54) is 24.3 Å². The Morgan fingerprint density at radius 3 is 2.72 bits per heavy atom. The van der Waals surface area contributed by atoms with Crippen LogP contribution in [0.1, 0.15) is 30.1 Å². The van der Waals surface area contributed by atoms with Crippen LogP contribution in [-0.2, 0) is 6.54 Å². The Balaban J connectivity index is 1.54. The maximum atomic E-state index is 12.9. The predicted molar refractivity (Wildman–Crippen MR) is 99.7 cm³/mol. The van der Waals surface area contributed by atoms with E-state index in [1.807, 2.05) is 17.5 Å². The molecule has 1 aromatic carbocycles. The van der Waals surface area contributed by atoms with Gasteiger partial charge in [-0.15, -0.1) is 21.5 Å². The number of hydrogen-bond acceptors (Lipinski definition) is 5. The summed E-state index contributed by atoms with van der Waals surface area (Å²) in [5, 5.41) is 11.5. The molecule has 4 nitrogen and oxygen atoms in total. The molecule has 2 heterocycles. The van der Waals surface area contributed by atoms with Crippen molar-refractivity contribution in [2.75, 3.05) is 5.75 Å². The smallest absolute Gasteiger partial charge is 0.191 e. The van der Waals surface area contributed by atoms with Crippen molar-refractivity contribution in [2.24, 2.45) is 0 Å². The maximum absolute atomic E-state index is 12.9. The molecular formula is C18H18FN3OS2. The lowest BCUT2D eigenvalue weighted by molar-refractivity contribution is 0.0982. The molecule has 0 saturated carbocycles. The fourth-order valence-electron chi connectivity index (χ4n) is 2.44. The first-order chi connectivity index (χ1) is 12.2. The zero-order valence-electron chi connectivity index (χ0n) is 13.8. The van der Waals surface area contributed by atoms with E-state index in [0.29, 0.717) is 12.0 Å². The topological polar surface area (TPSA) is 47.8 Å². The minimum absolute atomic E-state index is 0.0387. The van der Waals surface area contributed by atoms with E-state index in [1.54, 1.807) is 23.1 Å². The zero-order valence-corrected chi connectivity index (χ0v) is 15.4. The third-order valence-electron chi connectivity index (χ3n) is 3.72. The largest absolute Gasteiger partial charge is 0.302 e. The van der Waals surface area contributed by atoms with Gasteiger partial charge in [-0.1, -0.05) is 17.8 Å². The van der Waals surface area contributed by atoms with Gasteiger partial charge in [0.25, 0.3) is 0 Å². The molecule has 0 aliphatic heterocycles. The summed E-state index contributed by atoms with van der Waals surface area (Å²) in [5.41, 5.74) is 0.558. The molecule has 0 atom stereocenters. The Hall–Kier alpha value is -1.99. The number of Topliss-reactive ketones (excluding diaryl/α,β-unsaturated/α-hetero) is 1. The van der Waals surface area contributed by atoms with Crippen molar-refractivity contribution in [3.8, 4) is 10.7 Å². The first kappa shape index (κ1) is 17.8. The molecule has 0 N–H and O–H groups in total. The minimum Gasteiger partial charge on any atom is -0.302 e. The molecule has 25 heavy (non-hydrogen) atoms. The number of halogens is 1. The first-order valence-corrected chi connectivity index (χ1v) is 9.94. The van der Waals surface area contributed by atoms with Crippen LogP contribution in [0.2, 0.25) is 0 Å². The average Bonchev–Trinajstić information content (AvgIpc) is 3.28. The van der Waals surface area contributed by atoms with Crippen LogP contribution in [0.25, 0.3) is 10.7 Å². The van der Waals surface area contributed by atoms with Crippen molar-refractivity contribution in [3.63, 3.8) is 0 Å². The second-order valence-corrected chi connectivity index (χ2v) is 7.42. The number of nitrogens with zero attached hydrogens (tertiary/aromatic N) is 3. The number of thioether (sulfide) groups is 1. The summed E-state index contributed by atoms with van der Waals surface area (Å²) in [6.07, 6.45) is 1.18. The normalized spacial score (nSPS) is 11.0. The predicted octanol–water partition coefficient (Wildman–Crippen LogP) is 4.92. The van der Waals surface area contributed by atoms with Crippen molar-refractivity contribution in [3.05, 3.63) is 53.2 Å². The second-order valence-electron chi connectivity index (χ2n) is 5.41. The number of aromatic nitrogens is 3. The maximum Gasteiger partial charge on any atom is 0.191 e. The number of thiophene rings is 1. The first-order valence-electron chi connectivity index (χ1n) is 8.07. The highest BCUT2D eigenvalue weighted by Gasteiger charge is 2.14. The van der Waals surface area contributed by atoms with Gasteiger partial charge in [-0.05, 0) is 49.1 Å². The van der Waals surface area contributed by atoms with Gasteiger partial charge in [0.05, 0.1) is 4.88 Å². The Labute approximate surface area is 154 Å². The van der Waals surface area contributed by atoms with Crippen LogP contribution in [0.4, 0.5) is 4.39 Å². The molecule has 0 fully saturated rings. The van der Waals surface area contributed by atoms with E-state index in [2.05, 4.69) is 21.7 Å². The van der Waals surface area contributed by atoms with Crippen LogP contribution in [0, 0.1) is 5.82 Å². The number of hydrogen-bond donors (Lipinski definition) is 0. The molecule has 0 aliphatic carbocycles. The van der Waals surface area contributed by atoms with Crippen molar-refractivity contribution < 1.29 is 9.18 Å². The third kappa shape index (κ3) is 4.35. The molecule has 0 aliphatic rings. The molecule has 0 amide bonds. The molecule has 130 valence electrons. The van der Waals surface area contributed by atoms with Gasteiger partial charge in [0.15, 0.2) is 16.8 Å². The van der Waals surface area contributed by atoms with E-state index >= 15 is 0 Å². The van der Waals surface area contributed by atoms with E-state index in [0.717, 1.165) is 34.6 Å². The lowest BCUT2D eigenvalue weighted by atomic mass is 10.1. The zero-order chi connectivity index (χ0) is 17.6. The lowest BCUT2D eigenvalue weighted by Gasteiger charge is -2.06. The van der Waals surface area contributed by atoms with Gasteiger partial charge >= 0.3 is 0 Å². The summed E-state index contributed by atoms with van der Waals surface area (Å²) in [5.74, 6) is 1.39. The van der Waals surface area contributed by atoms with Crippen LogP contribution in [0.5, 0.6) is 0 Å². The van der Waals surface area contributed by atoms with Crippen molar-refractivity contribution in [1.29, 1.82) is 0 Å². The Morgan fingerprint density at radius 2 is 2.04 bits per heavy atom. The quantitative estimate of drug-likeness (QED) is 0.318. The number of carbonyl (C=O) groups excluding carboxylic acids is 1. The van der Waals surface area contributed by atoms with Crippen LogP contribution in [-0.4, -0.2) is 26.3 Å². The van der Waals surface area contributed by atoms with Gasteiger partial charge in [0.2, 0.25) is 0 Å². The Kier molecular flexibility index (Phi) is 5.99. The highest BCUT2D eigenvalue weighted by atomic mass is 32.2. The van der Waals surface area contributed by atoms with Crippen molar-refractivity contribution >= 4 is 28.9 Å². The van der Waals surface area contributed by atoms with Crippen LogP contribution in [0.3, 0.4) is 0 Å². The summed E-state index contributed by atoms with van der Waals surface area (Å²) in [7, 11) is 0. The van der Waals surface area contributed by atoms with Crippen molar-refractivity contribution in [1.82, 2.24) is 14.8 Å². The summed E-state index contributed by atoms with van der Waals surface area (Å²) in [4.78, 5) is 13.2. The highest BCUT2D eigenvalue weighted by Crippen LogP contribution is 2.27. The van der Waals surface area contributed by atoms with Gasteiger partial charge < -0.3 is 4.57 Å². The standard InChI is InChI=1S/C18H18FN3OS2/c1-2-22-17(16-6-4-11-24-16)20-21-18(22)25-12-3-5-15(23)13-7-9-14(19)10-8-13/h4,6-11H,2-3,5,12H2,1H3. The third-order valence-corrected chi connectivity index (χ3v) is 5.64. The molecule has 2 aromatic heterocycles. The van der Waals surface area contributed by atoms with Gasteiger partial charge in [-0.25, -0.2) is 4.39 Å². The van der Waals surface area contributed by atoms with Crippen LogP contribution >= 0.6 is 23.1 Å². The van der Waals surface area contributed by atoms with Gasteiger partial charge in [-0.3, -0.25) is 4.79 Å². The van der Waals surface area contributed by atoms with Crippen molar-refractivity contribution in [2.45, 2.75) is 31.5 Å². The van der Waals surface area contributed by atoms with E-state index in [4.69, 9.17) is 0 Å². The summed E-state index contributed by atoms with van der Waals surface area (Å²) in [6, 6.07) is 9.74. The molecule has 0 unspecified atom stereocenters.